The zero-order valence-electron chi connectivity index (χ0n) is 15.6. The third-order valence-corrected chi connectivity index (χ3v) is 4.42. The molecule has 1 N–H and O–H groups in total. The summed E-state index contributed by atoms with van der Waals surface area (Å²) < 4.78 is 7.06. The SMILES string of the molecule is CCCn1nnnc1COC(=O)c1ccccc1NCCc1ccc(Cl)cc1. The van der Waals surface area contributed by atoms with Gasteiger partial charge in [-0.15, -0.1) is 5.10 Å². The number of carbonyl (C=O) groups excluding carboxylic acids is 1. The predicted octanol–water partition coefficient (Wildman–Crippen LogP) is 3.75. The molecule has 28 heavy (non-hydrogen) atoms. The third-order valence-electron chi connectivity index (χ3n) is 4.16. The molecule has 0 atom stereocenters. The number of aromatic nitrogens is 4. The summed E-state index contributed by atoms with van der Waals surface area (Å²) >= 11 is 5.91. The first-order valence-electron chi connectivity index (χ1n) is 9.17. The second kappa shape index (κ2) is 9.85. The van der Waals surface area contributed by atoms with Gasteiger partial charge in [-0.25, -0.2) is 9.48 Å². The van der Waals surface area contributed by atoms with Crippen molar-refractivity contribution in [1.82, 2.24) is 20.2 Å². The second-order valence-electron chi connectivity index (χ2n) is 6.24. The lowest BCUT2D eigenvalue weighted by Gasteiger charge is -2.12. The summed E-state index contributed by atoms with van der Waals surface area (Å²) in [6, 6.07) is 15.0. The molecule has 8 heteroatoms. The summed E-state index contributed by atoms with van der Waals surface area (Å²) in [5.74, 6) is 0.115. The Kier molecular flexibility index (Phi) is 6.97. The Balaban J connectivity index is 1.58. The van der Waals surface area contributed by atoms with Gasteiger partial charge in [-0.1, -0.05) is 42.8 Å². The first kappa shape index (κ1) is 19.8. The average Bonchev–Trinajstić information content (AvgIpc) is 3.15. The number of aryl methyl sites for hydroxylation is 1. The molecule has 0 saturated heterocycles. The minimum Gasteiger partial charge on any atom is -0.454 e. The lowest BCUT2D eigenvalue weighted by atomic mass is 10.1. The summed E-state index contributed by atoms with van der Waals surface area (Å²) in [6.45, 7) is 3.43. The van der Waals surface area contributed by atoms with Gasteiger partial charge in [0.15, 0.2) is 12.4 Å². The van der Waals surface area contributed by atoms with Gasteiger partial charge >= 0.3 is 5.97 Å². The van der Waals surface area contributed by atoms with Crippen LogP contribution in [0.15, 0.2) is 48.5 Å². The highest BCUT2D eigenvalue weighted by Gasteiger charge is 2.14. The Morgan fingerprint density at radius 3 is 2.75 bits per heavy atom. The van der Waals surface area contributed by atoms with Crippen LogP contribution in [0, 0.1) is 0 Å². The number of carbonyl (C=O) groups is 1. The van der Waals surface area contributed by atoms with Gasteiger partial charge in [-0.3, -0.25) is 0 Å². The Morgan fingerprint density at radius 1 is 1.18 bits per heavy atom. The number of para-hydroxylation sites is 1. The van der Waals surface area contributed by atoms with Gasteiger partial charge in [-0.05, 0) is 53.1 Å². The number of benzene rings is 2. The van der Waals surface area contributed by atoms with Gasteiger partial charge in [0.1, 0.15) is 0 Å². The number of ether oxygens (including phenoxy) is 1. The highest BCUT2D eigenvalue weighted by Crippen LogP contribution is 2.17. The summed E-state index contributed by atoms with van der Waals surface area (Å²) in [5.41, 5.74) is 2.38. The number of nitrogens with zero attached hydrogens (tertiary/aromatic N) is 4. The Morgan fingerprint density at radius 2 is 1.96 bits per heavy atom. The summed E-state index contributed by atoms with van der Waals surface area (Å²) in [7, 11) is 0. The van der Waals surface area contributed by atoms with Gasteiger partial charge in [0.05, 0.1) is 5.56 Å². The maximum Gasteiger partial charge on any atom is 0.340 e. The third kappa shape index (κ3) is 5.29. The summed E-state index contributed by atoms with van der Waals surface area (Å²) in [5, 5.41) is 15.5. The Labute approximate surface area is 168 Å². The van der Waals surface area contributed by atoms with E-state index in [9.17, 15) is 4.79 Å². The zero-order chi connectivity index (χ0) is 19.8. The number of hydrogen-bond donors (Lipinski definition) is 1. The van der Waals surface area contributed by atoms with Crippen molar-refractivity contribution in [3.05, 3.63) is 70.5 Å². The summed E-state index contributed by atoms with van der Waals surface area (Å²) in [6.07, 6.45) is 1.71. The van der Waals surface area contributed by atoms with Crippen LogP contribution in [0.3, 0.4) is 0 Å². The topological polar surface area (TPSA) is 81.9 Å². The molecule has 3 rings (SSSR count). The van der Waals surface area contributed by atoms with Crippen molar-refractivity contribution in [2.45, 2.75) is 32.9 Å². The van der Waals surface area contributed by atoms with Gasteiger partial charge in [0, 0.05) is 23.8 Å². The highest BCUT2D eigenvalue weighted by atomic mass is 35.5. The van der Waals surface area contributed by atoms with Gasteiger partial charge in [-0.2, -0.15) is 0 Å². The van der Waals surface area contributed by atoms with Crippen LogP contribution in [0.1, 0.15) is 35.1 Å². The van der Waals surface area contributed by atoms with E-state index >= 15 is 0 Å². The fraction of sp³-hybridized carbons (Fsp3) is 0.300. The molecular formula is C20H22ClN5O2. The van der Waals surface area contributed by atoms with Crippen LogP contribution in [0.5, 0.6) is 0 Å². The molecule has 0 radical (unpaired) electrons. The fourth-order valence-electron chi connectivity index (χ4n) is 2.73. The van der Waals surface area contributed by atoms with Crippen LogP contribution in [-0.4, -0.2) is 32.7 Å². The van der Waals surface area contributed by atoms with E-state index in [2.05, 4.69) is 20.8 Å². The van der Waals surface area contributed by atoms with Crippen molar-refractivity contribution in [3.8, 4) is 0 Å². The van der Waals surface area contributed by atoms with Crippen molar-refractivity contribution in [3.63, 3.8) is 0 Å². The Hall–Kier alpha value is -2.93. The van der Waals surface area contributed by atoms with Crippen molar-refractivity contribution in [2.75, 3.05) is 11.9 Å². The molecule has 3 aromatic rings. The molecule has 0 saturated carbocycles. The van der Waals surface area contributed by atoms with Crippen molar-refractivity contribution < 1.29 is 9.53 Å². The van der Waals surface area contributed by atoms with Crippen molar-refractivity contribution in [2.24, 2.45) is 0 Å². The van der Waals surface area contributed by atoms with Crippen LogP contribution in [-0.2, 0) is 24.3 Å². The second-order valence-corrected chi connectivity index (χ2v) is 6.68. The first-order valence-corrected chi connectivity index (χ1v) is 9.54. The van der Waals surface area contributed by atoms with E-state index in [0.717, 1.165) is 23.6 Å². The summed E-state index contributed by atoms with van der Waals surface area (Å²) in [4.78, 5) is 12.5. The predicted molar refractivity (Wildman–Crippen MR) is 107 cm³/mol. The molecule has 146 valence electrons. The average molecular weight is 400 g/mol. The molecule has 0 spiro atoms. The standard InChI is InChI=1S/C20H22ClN5O2/c1-2-13-26-19(23-24-25-26)14-28-20(27)17-5-3-4-6-18(17)22-12-11-15-7-9-16(21)10-8-15/h3-10,22H,2,11-14H2,1H3. The van der Waals surface area contributed by atoms with Gasteiger partial charge in [0.25, 0.3) is 0 Å². The molecule has 1 aromatic heterocycles. The van der Waals surface area contributed by atoms with E-state index in [-0.39, 0.29) is 6.61 Å². The first-order chi connectivity index (χ1) is 13.7. The normalized spacial score (nSPS) is 10.6. The van der Waals surface area contributed by atoms with Crippen LogP contribution in [0.2, 0.25) is 5.02 Å². The van der Waals surface area contributed by atoms with Crippen LogP contribution in [0.25, 0.3) is 0 Å². The maximum atomic E-state index is 12.5. The van der Waals surface area contributed by atoms with Crippen molar-refractivity contribution in [1.29, 1.82) is 0 Å². The van der Waals surface area contributed by atoms with Crippen LogP contribution in [0.4, 0.5) is 5.69 Å². The molecule has 0 unspecified atom stereocenters. The zero-order valence-corrected chi connectivity index (χ0v) is 16.4. The molecule has 1 heterocycles. The van der Waals surface area contributed by atoms with Crippen molar-refractivity contribution >= 4 is 23.3 Å². The Bertz CT molecular complexity index is 911. The van der Waals surface area contributed by atoms with E-state index in [1.807, 2.05) is 49.4 Å². The van der Waals surface area contributed by atoms with Gasteiger partial charge in [0.2, 0.25) is 0 Å². The fourth-order valence-corrected chi connectivity index (χ4v) is 2.85. The number of tetrazole rings is 1. The lowest BCUT2D eigenvalue weighted by molar-refractivity contribution is 0.0457. The lowest BCUT2D eigenvalue weighted by Crippen LogP contribution is -2.14. The van der Waals surface area contributed by atoms with Crippen LogP contribution >= 0.6 is 11.6 Å². The highest BCUT2D eigenvalue weighted by molar-refractivity contribution is 6.30. The number of esters is 1. The molecule has 0 aliphatic rings. The number of halogens is 1. The van der Waals surface area contributed by atoms with E-state index < -0.39 is 5.97 Å². The monoisotopic (exact) mass is 399 g/mol. The largest absolute Gasteiger partial charge is 0.454 e. The van der Waals surface area contributed by atoms with Gasteiger partial charge < -0.3 is 10.1 Å². The quantitative estimate of drug-likeness (QED) is 0.552. The molecule has 0 aliphatic heterocycles. The number of hydrogen-bond acceptors (Lipinski definition) is 6. The minimum atomic E-state index is -0.416. The molecule has 0 amide bonds. The number of nitrogens with one attached hydrogen (secondary N) is 1. The molecule has 7 nitrogen and oxygen atoms in total. The van der Waals surface area contributed by atoms with E-state index in [4.69, 9.17) is 16.3 Å². The molecule has 0 fully saturated rings. The van der Waals surface area contributed by atoms with E-state index in [1.54, 1.807) is 10.7 Å². The molecule has 0 bridgehead atoms. The minimum absolute atomic E-state index is 0.0327. The molecule has 2 aromatic carbocycles. The maximum absolute atomic E-state index is 12.5. The van der Waals surface area contributed by atoms with E-state index in [1.165, 1.54) is 5.56 Å². The molecule has 0 aliphatic carbocycles. The smallest absolute Gasteiger partial charge is 0.340 e. The van der Waals surface area contributed by atoms with E-state index in [0.29, 0.717) is 24.5 Å². The van der Waals surface area contributed by atoms with Crippen LogP contribution < -0.4 is 5.32 Å². The number of anilines is 1. The molecular weight excluding hydrogens is 378 g/mol. The number of rotatable bonds is 9.